The van der Waals surface area contributed by atoms with Gasteiger partial charge in [0, 0.05) is 24.5 Å². The average molecular weight is 364 g/mol. The van der Waals surface area contributed by atoms with Gasteiger partial charge >= 0.3 is 6.03 Å². The summed E-state index contributed by atoms with van der Waals surface area (Å²) in [7, 11) is 0. The van der Waals surface area contributed by atoms with Crippen molar-refractivity contribution in [3.8, 4) is 0 Å². The molecule has 0 bridgehead atoms. The Morgan fingerprint density at radius 2 is 1.74 bits per heavy atom. The summed E-state index contributed by atoms with van der Waals surface area (Å²) in [6.45, 7) is 1.47. The molecule has 0 unspecified atom stereocenters. The smallest absolute Gasteiger partial charge is 0.316 e. The van der Waals surface area contributed by atoms with Crippen molar-refractivity contribution in [1.29, 1.82) is 0 Å². The lowest BCUT2D eigenvalue weighted by Gasteiger charge is -2.32. The van der Waals surface area contributed by atoms with Crippen LogP contribution in [0.4, 0.5) is 16.2 Å². The number of benzene rings is 2. The first kappa shape index (κ1) is 18.2. The van der Waals surface area contributed by atoms with Crippen molar-refractivity contribution in [3.05, 3.63) is 65.9 Å². The topological polar surface area (TPSA) is 105 Å². The van der Waals surface area contributed by atoms with E-state index in [4.69, 9.17) is 5.73 Å². The summed E-state index contributed by atoms with van der Waals surface area (Å²) < 4.78 is 0. The Kier molecular flexibility index (Phi) is 5.21. The van der Waals surface area contributed by atoms with Gasteiger partial charge in [0.1, 0.15) is 0 Å². The van der Waals surface area contributed by atoms with Crippen LogP contribution in [0.25, 0.3) is 6.08 Å². The van der Waals surface area contributed by atoms with Crippen LogP contribution in [0.3, 0.4) is 0 Å². The molecule has 1 heterocycles. The number of nitrogens with zero attached hydrogens (tertiary/aromatic N) is 1. The molecule has 7 heteroatoms. The van der Waals surface area contributed by atoms with E-state index in [0.717, 1.165) is 11.1 Å². The molecule has 2 aromatic rings. The molecule has 0 saturated carbocycles. The van der Waals surface area contributed by atoms with Gasteiger partial charge in [-0.1, -0.05) is 30.3 Å². The van der Waals surface area contributed by atoms with Crippen LogP contribution < -0.4 is 16.4 Å². The van der Waals surface area contributed by atoms with Crippen molar-refractivity contribution in [3.63, 3.8) is 0 Å². The number of amides is 4. The highest BCUT2D eigenvalue weighted by Gasteiger charge is 2.28. The highest BCUT2D eigenvalue weighted by Crippen LogP contribution is 2.33. The standard InChI is InChI=1S/C20H20N4O3/c1-13(25)24-10-9-14-5-2-3-8-17(14)18(24)12-19(26)22-15-6-4-7-16(11-15)23-20(21)27/h2-11,18H,12H2,1H3,(H,22,26)(H3,21,23,27)/t18-/m1/s1. The third-order valence-electron chi connectivity index (χ3n) is 4.26. The van der Waals surface area contributed by atoms with Gasteiger partial charge in [0.25, 0.3) is 0 Å². The lowest BCUT2D eigenvalue weighted by Crippen LogP contribution is -2.33. The zero-order valence-electron chi connectivity index (χ0n) is 14.8. The van der Waals surface area contributed by atoms with Crippen LogP contribution in [0.5, 0.6) is 0 Å². The summed E-state index contributed by atoms with van der Waals surface area (Å²) in [6.07, 6.45) is 3.68. The van der Waals surface area contributed by atoms with Gasteiger partial charge in [0.2, 0.25) is 11.8 Å². The second-order valence-corrected chi connectivity index (χ2v) is 6.21. The van der Waals surface area contributed by atoms with Crippen LogP contribution in [0.15, 0.2) is 54.7 Å². The first-order chi connectivity index (χ1) is 12.9. The van der Waals surface area contributed by atoms with E-state index in [1.165, 1.54) is 6.92 Å². The molecular formula is C20H20N4O3. The predicted molar refractivity (Wildman–Crippen MR) is 104 cm³/mol. The molecule has 0 aliphatic carbocycles. The minimum Gasteiger partial charge on any atom is -0.351 e. The Morgan fingerprint density at radius 1 is 1.04 bits per heavy atom. The molecule has 4 amide bonds. The van der Waals surface area contributed by atoms with E-state index >= 15 is 0 Å². The van der Waals surface area contributed by atoms with Gasteiger partial charge in [-0.3, -0.25) is 9.59 Å². The minimum atomic E-state index is -0.679. The normalized spacial score (nSPS) is 15.0. The van der Waals surface area contributed by atoms with E-state index in [1.807, 2.05) is 30.3 Å². The summed E-state index contributed by atoms with van der Waals surface area (Å²) in [5, 5.41) is 5.26. The highest BCUT2D eigenvalue weighted by atomic mass is 16.2. The maximum absolute atomic E-state index is 12.6. The number of hydrogen-bond donors (Lipinski definition) is 3. The van der Waals surface area contributed by atoms with Crippen LogP contribution in [-0.2, 0) is 9.59 Å². The van der Waals surface area contributed by atoms with E-state index in [2.05, 4.69) is 10.6 Å². The third-order valence-corrected chi connectivity index (χ3v) is 4.26. The molecule has 1 atom stereocenters. The van der Waals surface area contributed by atoms with E-state index in [-0.39, 0.29) is 24.3 Å². The van der Waals surface area contributed by atoms with Crippen molar-refractivity contribution >= 4 is 35.3 Å². The Labute approximate surface area is 156 Å². The molecule has 138 valence electrons. The second kappa shape index (κ2) is 7.74. The van der Waals surface area contributed by atoms with Crippen molar-refractivity contribution in [2.45, 2.75) is 19.4 Å². The van der Waals surface area contributed by atoms with Gasteiger partial charge in [0.15, 0.2) is 0 Å². The number of carbonyl (C=O) groups excluding carboxylic acids is 3. The quantitative estimate of drug-likeness (QED) is 0.776. The summed E-state index contributed by atoms with van der Waals surface area (Å²) in [5.74, 6) is -0.376. The fourth-order valence-electron chi connectivity index (χ4n) is 3.12. The van der Waals surface area contributed by atoms with Crippen LogP contribution in [0.1, 0.15) is 30.5 Å². The Hall–Kier alpha value is -3.61. The Balaban J connectivity index is 1.77. The first-order valence-corrected chi connectivity index (χ1v) is 8.46. The van der Waals surface area contributed by atoms with Crippen LogP contribution in [0.2, 0.25) is 0 Å². The molecular weight excluding hydrogens is 344 g/mol. The Morgan fingerprint density at radius 3 is 2.44 bits per heavy atom. The number of carbonyl (C=O) groups is 3. The van der Waals surface area contributed by atoms with Crippen molar-refractivity contribution < 1.29 is 14.4 Å². The van der Waals surface area contributed by atoms with Crippen molar-refractivity contribution in [2.24, 2.45) is 5.73 Å². The zero-order valence-corrected chi connectivity index (χ0v) is 14.8. The summed E-state index contributed by atoms with van der Waals surface area (Å²) in [4.78, 5) is 37.1. The number of fused-ring (bicyclic) bond motifs is 1. The number of rotatable bonds is 4. The number of hydrogen-bond acceptors (Lipinski definition) is 3. The lowest BCUT2D eigenvalue weighted by molar-refractivity contribution is -0.129. The Bertz CT molecular complexity index is 923. The first-order valence-electron chi connectivity index (χ1n) is 8.46. The molecule has 0 spiro atoms. The molecule has 2 aromatic carbocycles. The molecule has 7 nitrogen and oxygen atoms in total. The maximum Gasteiger partial charge on any atom is 0.316 e. The molecule has 1 aliphatic rings. The molecule has 3 rings (SSSR count). The van der Waals surface area contributed by atoms with Crippen LogP contribution >= 0.6 is 0 Å². The second-order valence-electron chi connectivity index (χ2n) is 6.21. The van der Waals surface area contributed by atoms with E-state index in [0.29, 0.717) is 11.4 Å². The molecule has 0 fully saturated rings. The molecule has 0 radical (unpaired) electrons. The summed E-state index contributed by atoms with van der Waals surface area (Å²) >= 11 is 0. The molecule has 0 aromatic heterocycles. The van der Waals surface area contributed by atoms with E-state index in [9.17, 15) is 14.4 Å². The maximum atomic E-state index is 12.6. The van der Waals surface area contributed by atoms with E-state index in [1.54, 1.807) is 35.4 Å². The monoisotopic (exact) mass is 364 g/mol. The van der Waals surface area contributed by atoms with Crippen molar-refractivity contribution in [2.75, 3.05) is 10.6 Å². The zero-order chi connectivity index (χ0) is 19.4. The number of primary amides is 1. The molecule has 4 N–H and O–H groups in total. The number of nitrogens with one attached hydrogen (secondary N) is 2. The van der Waals surface area contributed by atoms with Gasteiger partial charge in [-0.25, -0.2) is 4.79 Å². The van der Waals surface area contributed by atoms with Crippen LogP contribution in [-0.4, -0.2) is 22.7 Å². The third kappa shape index (κ3) is 4.33. The van der Waals surface area contributed by atoms with Gasteiger partial charge in [-0.2, -0.15) is 0 Å². The van der Waals surface area contributed by atoms with Crippen LogP contribution in [0, 0.1) is 0 Å². The number of nitrogens with two attached hydrogens (primary N) is 1. The SMILES string of the molecule is CC(=O)N1C=Cc2ccccc2[C@H]1CC(=O)Nc1cccc(NC(N)=O)c1. The van der Waals surface area contributed by atoms with E-state index < -0.39 is 6.03 Å². The van der Waals surface area contributed by atoms with Crippen molar-refractivity contribution in [1.82, 2.24) is 4.90 Å². The number of urea groups is 1. The number of anilines is 2. The largest absolute Gasteiger partial charge is 0.351 e. The van der Waals surface area contributed by atoms with Gasteiger partial charge in [-0.15, -0.1) is 0 Å². The fourth-order valence-corrected chi connectivity index (χ4v) is 3.12. The van der Waals surface area contributed by atoms with Gasteiger partial charge in [0.05, 0.1) is 12.5 Å². The average Bonchev–Trinajstić information content (AvgIpc) is 2.61. The predicted octanol–water partition coefficient (Wildman–Crippen LogP) is 3.08. The molecule has 1 aliphatic heterocycles. The summed E-state index contributed by atoms with van der Waals surface area (Å²) in [5.41, 5.74) is 8.03. The van der Waals surface area contributed by atoms with Gasteiger partial charge in [-0.05, 0) is 35.4 Å². The summed E-state index contributed by atoms with van der Waals surface area (Å²) in [6, 6.07) is 13.3. The molecule has 0 saturated heterocycles. The lowest BCUT2D eigenvalue weighted by atomic mass is 9.93. The van der Waals surface area contributed by atoms with Gasteiger partial charge < -0.3 is 21.3 Å². The molecule has 27 heavy (non-hydrogen) atoms. The highest BCUT2D eigenvalue weighted by molar-refractivity contribution is 5.94. The minimum absolute atomic E-state index is 0.106. The fraction of sp³-hybridized carbons (Fsp3) is 0.150.